The van der Waals surface area contributed by atoms with Crippen LogP contribution in [0.15, 0.2) is 96.2 Å². The van der Waals surface area contributed by atoms with Crippen molar-refractivity contribution in [2.75, 3.05) is 7.11 Å². The second-order valence-electron chi connectivity index (χ2n) is 9.16. The third-order valence-electron chi connectivity index (χ3n) is 5.18. The molecule has 4 aromatic rings. The summed E-state index contributed by atoms with van der Waals surface area (Å²) in [5.74, 6) is 2.15. The zero-order valence-electron chi connectivity index (χ0n) is 20.7. The lowest BCUT2D eigenvalue weighted by Gasteiger charge is -2.20. The topological polar surface area (TPSA) is 72.5 Å². The van der Waals surface area contributed by atoms with Crippen LogP contribution in [0.25, 0.3) is 22.3 Å². The molecule has 2 N–H and O–H groups in total. The number of urea groups is 1. The molecule has 4 rings (SSSR count). The number of ether oxygens (including phenoxy) is 2. The minimum Gasteiger partial charge on any atom is -0.497 e. The Morgan fingerprint density at radius 2 is 1.47 bits per heavy atom. The molecule has 0 fully saturated rings. The summed E-state index contributed by atoms with van der Waals surface area (Å²) in [6.07, 6.45) is 3.51. The average Bonchev–Trinajstić information content (AvgIpc) is 2.88. The first-order chi connectivity index (χ1) is 17.3. The first-order valence-electron chi connectivity index (χ1n) is 11.5. The lowest BCUT2D eigenvalue weighted by atomic mass is 10.1. The lowest BCUT2D eigenvalue weighted by Crippen LogP contribution is -2.44. The Morgan fingerprint density at radius 1 is 0.806 bits per heavy atom. The molecule has 184 valence electrons. The Hall–Kier alpha value is -3.97. The number of nitrogens with zero attached hydrogens (tertiary/aromatic N) is 1. The van der Waals surface area contributed by atoms with Gasteiger partial charge >= 0.3 is 6.03 Å². The van der Waals surface area contributed by atoms with E-state index in [2.05, 4.69) is 15.0 Å². The van der Waals surface area contributed by atoms with Gasteiger partial charge in [0.1, 0.15) is 17.2 Å². The van der Waals surface area contributed by atoms with Crippen LogP contribution in [0.1, 0.15) is 20.8 Å². The summed E-state index contributed by atoms with van der Waals surface area (Å²) in [6, 6.07) is 25.3. The molecule has 1 heterocycles. The van der Waals surface area contributed by atoms with Crippen LogP contribution in [0, 0.1) is 0 Å². The van der Waals surface area contributed by atoms with Crippen LogP contribution in [-0.2, 0) is 0 Å². The van der Waals surface area contributed by atoms with Crippen molar-refractivity contribution in [1.29, 1.82) is 0 Å². The van der Waals surface area contributed by atoms with Crippen molar-refractivity contribution < 1.29 is 14.3 Å². The van der Waals surface area contributed by atoms with Crippen LogP contribution < -0.4 is 19.5 Å². The molecule has 36 heavy (non-hydrogen) atoms. The van der Waals surface area contributed by atoms with Crippen LogP contribution in [0.3, 0.4) is 0 Å². The van der Waals surface area contributed by atoms with E-state index in [4.69, 9.17) is 9.47 Å². The standard InChI is InChI=1S/C29H29N3O3S/c1-29(2,3)31-28(33)32-36-27-19-23(21-14-16-30-17-15-21)10-13-26(27)35-25-7-5-6-22(18-25)20-8-11-24(34-4)12-9-20/h5-19H,1-4H3,(H2,31,32,33). The fraction of sp³-hybridized carbons (Fsp3) is 0.172. The van der Waals surface area contributed by atoms with Gasteiger partial charge in [0, 0.05) is 17.9 Å². The van der Waals surface area contributed by atoms with E-state index in [-0.39, 0.29) is 11.6 Å². The molecule has 0 aliphatic rings. The summed E-state index contributed by atoms with van der Waals surface area (Å²) in [7, 11) is 1.65. The van der Waals surface area contributed by atoms with Crippen LogP contribution in [0.5, 0.6) is 17.2 Å². The summed E-state index contributed by atoms with van der Waals surface area (Å²) < 4.78 is 14.4. The van der Waals surface area contributed by atoms with Gasteiger partial charge in [-0.15, -0.1) is 0 Å². The minimum atomic E-state index is -0.343. The predicted octanol–water partition coefficient (Wildman–Crippen LogP) is 7.32. The Bertz CT molecular complexity index is 1320. The number of amides is 2. The molecule has 0 saturated heterocycles. The normalized spacial score (nSPS) is 11.0. The highest BCUT2D eigenvalue weighted by Gasteiger charge is 2.15. The lowest BCUT2D eigenvalue weighted by molar-refractivity contribution is 0.238. The Kier molecular flexibility index (Phi) is 7.80. The van der Waals surface area contributed by atoms with Gasteiger partial charge in [0.2, 0.25) is 0 Å². The molecule has 7 heteroatoms. The second kappa shape index (κ2) is 11.2. The molecule has 1 aromatic heterocycles. The van der Waals surface area contributed by atoms with Crippen molar-refractivity contribution in [3.8, 4) is 39.5 Å². The van der Waals surface area contributed by atoms with E-state index in [1.807, 2.05) is 99.6 Å². The van der Waals surface area contributed by atoms with Gasteiger partial charge < -0.3 is 14.8 Å². The molecular formula is C29H29N3O3S. The van der Waals surface area contributed by atoms with Crippen molar-refractivity contribution in [3.05, 3.63) is 91.3 Å². The van der Waals surface area contributed by atoms with Gasteiger partial charge in [-0.05, 0) is 104 Å². The largest absolute Gasteiger partial charge is 0.497 e. The number of aromatic nitrogens is 1. The number of hydrogen-bond acceptors (Lipinski definition) is 5. The Morgan fingerprint density at radius 3 is 2.17 bits per heavy atom. The van der Waals surface area contributed by atoms with E-state index in [0.717, 1.165) is 32.9 Å². The van der Waals surface area contributed by atoms with Gasteiger partial charge in [-0.25, -0.2) is 4.79 Å². The van der Waals surface area contributed by atoms with Crippen LogP contribution in [0.4, 0.5) is 4.79 Å². The van der Waals surface area contributed by atoms with Gasteiger partial charge in [-0.1, -0.05) is 30.3 Å². The fourth-order valence-electron chi connectivity index (χ4n) is 3.51. The van der Waals surface area contributed by atoms with E-state index in [0.29, 0.717) is 11.5 Å². The molecule has 2 amide bonds. The highest BCUT2D eigenvalue weighted by atomic mass is 32.2. The molecular weight excluding hydrogens is 470 g/mol. The number of rotatable bonds is 7. The molecule has 3 aromatic carbocycles. The Balaban J connectivity index is 1.60. The number of pyridine rings is 1. The van der Waals surface area contributed by atoms with E-state index >= 15 is 0 Å². The van der Waals surface area contributed by atoms with Gasteiger partial charge in [0.25, 0.3) is 0 Å². The number of benzene rings is 3. The Labute approximate surface area is 216 Å². The SMILES string of the molecule is COc1ccc(-c2cccc(Oc3ccc(-c4ccncc4)cc3SNC(=O)NC(C)(C)C)c2)cc1. The maximum absolute atomic E-state index is 12.4. The van der Waals surface area contributed by atoms with Gasteiger partial charge in [0.15, 0.2) is 0 Å². The minimum absolute atomic E-state index is 0.269. The number of hydrogen-bond donors (Lipinski definition) is 2. The van der Waals surface area contributed by atoms with E-state index in [9.17, 15) is 4.79 Å². The van der Waals surface area contributed by atoms with Crippen LogP contribution in [0.2, 0.25) is 0 Å². The van der Waals surface area contributed by atoms with Crippen molar-refractivity contribution in [2.45, 2.75) is 31.2 Å². The maximum Gasteiger partial charge on any atom is 0.325 e. The van der Waals surface area contributed by atoms with E-state index in [1.165, 1.54) is 11.9 Å². The third-order valence-corrected chi connectivity index (χ3v) is 6.01. The number of carbonyl (C=O) groups excluding carboxylic acids is 1. The van der Waals surface area contributed by atoms with Crippen molar-refractivity contribution in [2.24, 2.45) is 0 Å². The fourth-order valence-corrected chi connectivity index (χ4v) is 4.16. The van der Waals surface area contributed by atoms with E-state index < -0.39 is 0 Å². The second-order valence-corrected chi connectivity index (χ2v) is 10.0. The number of nitrogens with one attached hydrogen (secondary N) is 2. The van der Waals surface area contributed by atoms with Gasteiger partial charge in [0.05, 0.1) is 12.0 Å². The first-order valence-corrected chi connectivity index (χ1v) is 12.3. The summed E-state index contributed by atoms with van der Waals surface area (Å²) in [5.41, 5.74) is 3.77. The van der Waals surface area contributed by atoms with Gasteiger partial charge in [-0.2, -0.15) is 0 Å². The van der Waals surface area contributed by atoms with Crippen molar-refractivity contribution in [3.63, 3.8) is 0 Å². The highest BCUT2D eigenvalue weighted by Crippen LogP contribution is 2.36. The smallest absolute Gasteiger partial charge is 0.325 e. The number of methoxy groups -OCH3 is 1. The van der Waals surface area contributed by atoms with Crippen LogP contribution in [-0.4, -0.2) is 23.7 Å². The molecule has 0 bridgehead atoms. The average molecular weight is 500 g/mol. The zero-order valence-corrected chi connectivity index (χ0v) is 21.6. The summed E-state index contributed by atoms with van der Waals surface area (Å²) in [5, 5.41) is 2.91. The molecule has 0 spiro atoms. The molecule has 0 unspecified atom stereocenters. The zero-order chi connectivity index (χ0) is 25.5. The molecule has 0 radical (unpaired) electrons. The van der Waals surface area contributed by atoms with Crippen molar-refractivity contribution >= 4 is 18.0 Å². The van der Waals surface area contributed by atoms with Crippen molar-refractivity contribution in [1.82, 2.24) is 15.0 Å². The monoisotopic (exact) mass is 499 g/mol. The van der Waals surface area contributed by atoms with Gasteiger partial charge in [-0.3, -0.25) is 9.71 Å². The maximum atomic E-state index is 12.4. The number of carbonyl (C=O) groups is 1. The van der Waals surface area contributed by atoms with Crippen LogP contribution >= 0.6 is 11.9 Å². The molecule has 0 aliphatic heterocycles. The molecule has 0 aliphatic carbocycles. The molecule has 6 nitrogen and oxygen atoms in total. The summed E-state index contributed by atoms with van der Waals surface area (Å²) in [4.78, 5) is 17.3. The first kappa shape index (κ1) is 25.1. The molecule has 0 saturated carbocycles. The summed E-state index contributed by atoms with van der Waals surface area (Å²) >= 11 is 1.21. The molecule has 0 atom stereocenters. The predicted molar refractivity (Wildman–Crippen MR) is 145 cm³/mol. The third kappa shape index (κ3) is 6.79. The quantitative estimate of drug-likeness (QED) is 0.261. The highest BCUT2D eigenvalue weighted by molar-refractivity contribution is 7.98. The van der Waals surface area contributed by atoms with E-state index in [1.54, 1.807) is 19.5 Å². The summed E-state index contributed by atoms with van der Waals surface area (Å²) in [6.45, 7) is 5.81.